The van der Waals surface area contributed by atoms with Crippen LogP contribution in [0, 0.1) is 0 Å². The molecule has 0 amide bonds. The molecule has 0 aromatic heterocycles. The Balaban J connectivity index is 3.07. The van der Waals surface area contributed by atoms with E-state index in [4.69, 9.17) is 56.8 Å². The molecule has 0 unspecified atom stereocenters. The van der Waals surface area contributed by atoms with E-state index in [-0.39, 0.29) is 13.2 Å². The van der Waals surface area contributed by atoms with Crippen LogP contribution in [-0.2, 0) is 66.4 Å². The maximum absolute atomic E-state index is 10.8. The largest absolute Gasteiger partial charge is 0.460 e. The Morgan fingerprint density at radius 2 is 0.500 bits per heavy atom. The third kappa shape index (κ3) is 38.2. The zero-order chi connectivity index (χ0) is 33.4. The van der Waals surface area contributed by atoms with Crippen LogP contribution in [0.5, 0.6) is 0 Å². The number of unbranched alkanes of at least 4 members (excludes halogenated alkanes) is 3. The Kier molecular flexibility index (Phi) is 37.5. The highest BCUT2D eigenvalue weighted by molar-refractivity contribution is 5.81. The van der Waals surface area contributed by atoms with E-state index in [0.717, 1.165) is 51.0 Å². The lowest BCUT2D eigenvalue weighted by Gasteiger charge is -2.08. The number of rotatable bonds is 39. The van der Waals surface area contributed by atoms with Crippen molar-refractivity contribution in [2.75, 3.05) is 145 Å². The van der Waals surface area contributed by atoms with E-state index in [1.54, 1.807) is 0 Å². The van der Waals surface area contributed by atoms with Gasteiger partial charge in [-0.1, -0.05) is 26.0 Å². The molecule has 0 N–H and O–H groups in total. The summed E-state index contributed by atoms with van der Waals surface area (Å²) in [4.78, 5) is 21.7. The molecule has 0 spiro atoms. The molecule has 0 aromatic carbocycles. The summed E-state index contributed by atoms with van der Waals surface area (Å²) in [6.45, 7) is 17.1. The number of carbonyl (C=O) groups excluding carboxylic acids is 2. The van der Waals surface area contributed by atoms with Gasteiger partial charge in [0.1, 0.15) is 13.2 Å². The van der Waals surface area contributed by atoms with Gasteiger partial charge in [0, 0.05) is 25.4 Å². The van der Waals surface area contributed by atoms with Crippen molar-refractivity contribution in [1.29, 1.82) is 0 Å². The van der Waals surface area contributed by atoms with Crippen LogP contribution in [0.25, 0.3) is 0 Å². The van der Waals surface area contributed by atoms with Crippen molar-refractivity contribution in [3.63, 3.8) is 0 Å². The molecule has 0 rings (SSSR count). The topological polar surface area (TPSA) is 145 Å². The quantitative estimate of drug-likeness (QED) is 0.0537. The Hall–Kier alpha value is -1.98. The smallest absolute Gasteiger partial charge is 0.330 e. The molecule has 0 atom stereocenters. The van der Waals surface area contributed by atoms with Gasteiger partial charge in [-0.05, 0) is 12.8 Å². The molecule has 0 bridgehead atoms. The number of carbonyl (C=O) groups is 2. The summed E-state index contributed by atoms with van der Waals surface area (Å²) in [5.74, 6) is -0.910. The zero-order valence-electron chi connectivity index (χ0n) is 27.7. The summed E-state index contributed by atoms with van der Waals surface area (Å²) in [6, 6.07) is 0. The normalized spacial score (nSPS) is 11.0. The molecule has 270 valence electrons. The SMILES string of the molecule is C=CC(=O)OCCOCCOCCOCCCCCCOCCOCCOCCOCCOCCOCCOCCOC(=O)C=C. The van der Waals surface area contributed by atoms with E-state index in [1.807, 2.05) is 0 Å². The van der Waals surface area contributed by atoms with E-state index < -0.39 is 11.9 Å². The minimum atomic E-state index is -0.460. The second-order valence-electron chi connectivity index (χ2n) is 9.28. The van der Waals surface area contributed by atoms with Crippen LogP contribution < -0.4 is 0 Å². The number of hydrogen-bond acceptors (Lipinski definition) is 14. The van der Waals surface area contributed by atoms with Crippen molar-refractivity contribution < 1.29 is 66.4 Å². The summed E-state index contributed by atoms with van der Waals surface area (Å²) in [5.41, 5.74) is 0. The van der Waals surface area contributed by atoms with Crippen molar-refractivity contribution in [3.05, 3.63) is 25.3 Å². The second kappa shape index (κ2) is 39.2. The molecule has 0 aromatic rings. The molecule has 0 aliphatic heterocycles. The first kappa shape index (κ1) is 44.0. The minimum Gasteiger partial charge on any atom is -0.460 e. The van der Waals surface area contributed by atoms with E-state index in [2.05, 4.69) is 13.2 Å². The molecule has 0 heterocycles. The number of esters is 2. The minimum absolute atomic E-state index is 0.198. The van der Waals surface area contributed by atoms with Crippen LogP contribution in [0.1, 0.15) is 25.7 Å². The molecule has 0 saturated carbocycles. The molecule has 0 fully saturated rings. The van der Waals surface area contributed by atoms with Crippen LogP contribution in [-0.4, -0.2) is 157 Å². The van der Waals surface area contributed by atoms with Crippen molar-refractivity contribution in [2.45, 2.75) is 25.7 Å². The lowest BCUT2D eigenvalue weighted by atomic mass is 10.2. The Bertz CT molecular complexity index is 623. The highest BCUT2D eigenvalue weighted by Gasteiger charge is 1.98. The van der Waals surface area contributed by atoms with Gasteiger partial charge >= 0.3 is 11.9 Å². The molecular formula is C32H58O14. The van der Waals surface area contributed by atoms with Gasteiger partial charge in [0.2, 0.25) is 0 Å². The van der Waals surface area contributed by atoms with Crippen molar-refractivity contribution in [2.24, 2.45) is 0 Å². The predicted octanol–water partition coefficient (Wildman–Crippen LogP) is 2.17. The van der Waals surface area contributed by atoms with E-state index in [9.17, 15) is 9.59 Å². The number of hydrogen-bond donors (Lipinski definition) is 0. The van der Waals surface area contributed by atoms with Gasteiger partial charge in [0.15, 0.2) is 0 Å². The molecule has 14 nitrogen and oxygen atoms in total. The standard InChI is InChI=1S/C32H58O14/c1-3-31(33)45-29-27-43-25-23-38-14-12-36-10-8-6-5-7-9-35-11-13-37-15-16-39-17-18-40-19-20-41-21-22-42-24-26-44-28-30-46-32(34)4-2/h3-4H,1-2,5-30H2. The maximum atomic E-state index is 10.8. The predicted molar refractivity (Wildman–Crippen MR) is 169 cm³/mol. The molecule has 14 heteroatoms. The Morgan fingerprint density at radius 3 is 0.717 bits per heavy atom. The van der Waals surface area contributed by atoms with Crippen LogP contribution in [0.2, 0.25) is 0 Å². The molecule has 0 saturated heterocycles. The first-order valence-corrected chi connectivity index (χ1v) is 16.1. The van der Waals surface area contributed by atoms with Crippen LogP contribution in [0.4, 0.5) is 0 Å². The second-order valence-corrected chi connectivity index (χ2v) is 9.28. The lowest BCUT2D eigenvalue weighted by molar-refractivity contribution is -0.140. The van der Waals surface area contributed by atoms with E-state index >= 15 is 0 Å². The third-order valence-electron chi connectivity index (χ3n) is 5.58. The first-order valence-electron chi connectivity index (χ1n) is 16.1. The summed E-state index contributed by atoms with van der Waals surface area (Å²) in [6.07, 6.45) is 6.48. The molecule has 0 aliphatic rings. The molecule has 0 radical (unpaired) electrons. The summed E-state index contributed by atoms with van der Waals surface area (Å²) in [5, 5.41) is 0. The van der Waals surface area contributed by atoms with Gasteiger partial charge < -0.3 is 56.8 Å². The average molecular weight is 667 g/mol. The summed E-state index contributed by atoms with van der Waals surface area (Å²) < 4.78 is 64.0. The van der Waals surface area contributed by atoms with E-state index in [1.165, 1.54) is 0 Å². The van der Waals surface area contributed by atoms with Crippen molar-refractivity contribution in [3.8, 4) is 0 Å². The highest BCUT2D eigenvalue weighted by atomic mass is 16.6. The molecule has 0 aliphatic carbocycles. The van der Waals surface area contributed by atoms with Gasteiger partial charge in [-0.3, -0.25) is 0 Å². The summed E-state index contributed by atoms with van der Waals surface area (Å²) in [7, 11) is 0. The summed E-state index contributed by atoms with van der Waals surface area (Å²) >= 11 is 0. The van der Waals surface area contributed by atoms with Gasteiger partial charge in [-0.25, -0.2) is 9.59 Å². The fourth-order valence-corrected chi connectivity index (χ4v) is 3.25. The lowest BCUT2D eigenvalue weighted by Crippen LogP contribution is -2.15. The fraction of sp³-hybridized carbons (Fsp3) is 0.812. The molecule has 46 heavy (non-hydrogen) atoms. The first-order chi connectivity index (χ1) is 22.7. The van der Waals surface area contributed by atoms with Gasteiger partial charge in [-0.15, -0.1) is 0 Å². The van der Waals surface area contributed by atoms with Gasteiger partial charge in [-0.2, -0.15) is 0 Å². The fourth-order valence-electron chi connectivity index (χ4n) is 3.25. The van der Waals surface area contributed by atoms with Crippen LogP contribution in [0.15, 0.2) is 25.3 Å². The number of ether oxygens (including phenoxy) is 12. The van der Waals surface area contributed by atoms with Crippen molar-refractivity contribution >= 4 is 11.9 Å². The van der Waals surface area contributed by atoms with E-state index in [0.29, 0.717) is 119 Å². The monoisotopic (exact) mass is 666 g/mol. The highest BCUT2D eigenvalue weighted by Crippen LogP contribution is 2.00. The average Bonchev–Trinajstić information content (AvgIpc) is 3.07. The Labute approximate surface area is 274 Å². The third-order valence-corrected chi connectivity index (χ3v) is 5.58. The molecular weight excluding hydrogens is 608 g/mol. The maximum Gasteiger partial charge on any atom is 0.330 e. The van der Waals surface area contributed by atoms with Gasteiger partial charge in [0.05, 0.1) is 119 Å². The van der Waals surface area contributed by atoms with Crippen LogP contribution in [0.3, 0.4) is 0 Å². The van der Waals surface area contributed by atoms with Crippen LogP contribution >= 0.6 is 0 Å². The Morgan fingerprint density at radius 1 is 0.304 bits per heavy atom. The zero-order valence-corrected chi connectivity index (χ0v) is 27.7. The van der Waals surface area contributed by atoms with Gasteiger partial charge in [0.25, 0.3) is 0 Å². The van der Waals surface area contributed by atoms with Crippen molar-refractivity contribution in [1.82, 2.24) is 0 Å².